The zero-order valence-electron chi connectivity index (χ0n) is 11.9. The Kier molecular flexibility index (Phi) is 5.19. The topological polar surface area (TPSA) is 38.7 Å². The Labute approximate surface area is 163 Å². The number of aromatic nitrogens is 3. The fourth-order valence-electron chi connectivity index (χ4n) is 1.96. The number of halogens is 5. The maximum Gasteiger partial charge on any atom is 0.250 e. The van der Waals surface area contributed by atoms with Crippen LogP contribution in [-0.4, -0.2) is 15.0 Å². The molecule has 24 heavy (non-hydrogen) atoms. The van der Waals surface area contributed by atoms with Crippen LogP contribution in [0.2, 0.25) is 10.0 Å². The summed E-state index contributed by atoms with van der Waals surface area (Å²) in [6.07, 6.45) is 0. The van der Waals surface area contributed by atoms with Crippen molar-refractivity contribution >= 4 is 58.0 Å². The second-order valence-corrected chi connectivity index (χ2v) is 7.97. The van der Waals surface area contributed by atoms with Gasteiger partial charge in [0.15, 0.2) is 17.5 Å². The van der Waals surface area contributed by atoms with Gasteiger partial charge in [-0.3, -0.25) is 0 Å². The number of hydrogen-bond acceptors (Lipinski definition) is 3. The molecule has 0 fully saturated rings. The first-order valence-electron chi connectivity index (χ1n) is 6.68. The largest absolute Gasteiger partial charge is 0.250 e. The summed E-state index contributed by atoms with van der Waals surface area (Å²) in [4.78, 5) is 13.0. The lowest BCUT2D eigenvalue weighted by atomic mass is 10.2. The number of nitrogens with zero attached hydrogens (tertiary/aromatic N) is 3. The van der Waals surface area contributed by atoms with Crippen molar-refractivity contribution in [1.29, 1.82) is 0 Å². The van der Waals surface area contributed by atoms with Crippen LogP contribution >= 0.6 is 58.0 Å². The van der Waals surface area contributed by atoms with Gasteiger partial charge in [-0.05, 0) is 48.5 Å². The highest BCUT2D eigenvalue weighted by atomic mass is 35.6. The fourth-order valence-corrected chi connectivity index (χ4v) is 2.46. The smallest absolute Gasteiger partial charge is 0.208 e. The van der Waals surface area contributed by atoms with Gasteiger partial charge in [0, 0.05) is 21.2 Å². The fraction of sp³-hybridized carbons (Fsp3) is 0.0625. The van der Waals surface area contributed by atoms with Crippen molar-refractivity contribution in [3.8, 4) is 22.8 Å². The maximum atomic E-state index is 5.96. The molecule has 0 saturated carbocycles. The van der Waals surface area contributed by atoms with Gasteiger partial charge in [-0.1, -0.05) is 58.0 Å². The normalized spacial score (nSPS) is 11.5. The summed E-state index contributed by atoms with van der Waals surface area (Å²) in [6, 6.07) is 14.1. The monoisotopic (exact) mass is 417 g/mol. The first kappa shape index (κ1) is 17.7. The second kappa shape index (κ2) is 7.03. The molecule has 0 unspecified atom stereocenters. The minimum absolute atomic E-state index is 0.0393. The van der Waals surface area contributed by atoms with Gasteiger partial charge in [0.1, 0.15) is 0 Å². The zero-order chi connectivity index (χ0) is 17.3. The summed E-state index contributed by atoms with van der Waals surface area (Å²) >= 11 is 29.7. The Balaban J connectivity index is 2.17. The van der Waals surface area contributed by atoms with Crippen LogP contribution < -0.4 is 0 Å². The van der Waals surface area contributed by atoms with Gasteiger partial charge in [0.25, 0.3) is 0 Å². The van der Waals surface area contributed by atoms with Gasteiger partial charge < -0.3 is 0 Å². The van der Waals surface area contributed by atoms with E-state index in [-0.39, 0.29) is 5.82 Å². The van der Waals surface area contributed by atoms with E-state index in [1.807, 2.05) is 0 Å². The molecule has 8 heteroatoms. The lowest BCUT2D eigenvalue weighted by Crippen LogP contribution is -2.11. The van der Waals surface area contributed by atoms with E-state index in [0.717, 1.165) is 11.1 Å². The van der Waals surface area contributed by atoms with E-state index in [1.54, 1.807) is 48.5 Å². The first-order chi connectivity index (χ1) is 11.3. The van der Waals surface area contributed by atoms with Crippen molar-refractivity contribution in [3.63, 3.8) is 0 Å². The SMILES string of the molecule is Clc1ccc(-c2nc(-c3ccc(Cl)cc3)nc(C(Cl)(Cl)Cl)n2)cc1. The molecule has 1 aromatic heterocycles. The number of benzene rings is 2. The molecule has 3 rings (SSSR count). The Hall–Kier alpha value is -1.10. The van der Waals surface area contributed by atoms with Crippen LogP contribution in [0.3, 0.4) is 0 Å². The van der Waals surface area contributed by atoms with Crippen LogP contribution in [-0.2, 0) is 3.79 Å². The lowest BCUT2D eigenvalue weighted by molar-refractivity contribution is 0.932. The van der Waals surface area contributed by atoms with Crippen LogP contribution in [0.1, 0.15) is 5.82 Å². The molecule has 3 nitrogen and oxygen atoms in total. The van der Waals surface area contributed by atoms with E-state index in [2.05, 4.69) is 15.0 Å². The van der Waals surface area contributed by atoms with Gasteiger partial charge in [0.05, 0.1) is 0 Å². The molecule has 1 heterocycles. The second-order valence-electron chi connectivity index (χ2n) is 4.82. The van der Waals surface area contributed by atoms with Crippen LogP contribution in [0, 0.1) is 0 Å². The molecule has 122 valence electrons. The molecule has 0 amide bonds. The highest BCUT2D eigenvalue weighted by molar-refractivity contribution is 6.66. The molecular formula is C16H8Cl5N3. The minimum atomic E-state index is -1.77. The summed E-state index contributed by atoms with van der Waals surface area (Å²) in [5.41, 5.74) is 1.46. The van der Waals surface area contributed by atoms with E-state index in [1.165, 1.54) is 0 Å². The van der Waals surface area contributed by atoms with E-state index in [0.29, 0.717) is 21.7 Å². The Bertz CT molecular complexity index is 795. The summed E-state index contributed by atoms with van der Waals surface area (Å²) in [5.74, 6) is 0.804. The Morgan fingerprint density at radius 3 is 1.29 bits per heavy atom. The van der Waals surface area contributed by atoms with Crippen molar-refractivity contribution in [2.24, 2.45) is 0 Å². The molecule has 0 aliphatic rings. The highest BCUT2D eigenvalue weighted by Crippen LogP contribution is 2.37. The Morgan fingerprint density at radius 2 is 0.958 bits per heavy atom. The molecule has 0 aliphatic heterocycles. The molecule has 0 atom stereocenters. The van der Waals surface area contributed by atoms with Crippen molar-refractivity contribution in [2.75, 3.05) is 0 Å². The standard InChI is InChI=1S/C16H8Cl5N3/c17-11-5-1-9(2-6-11)13-22-14(10-3-7-12(18)8-4-10)24-15(23-13)16(19,20)21/h1-8H. The molecule has 0 bridgehead atoms. The lowest BCUT2D eigenvalue weighted by Gasteiger charge is -2.12. The predicted molar refractivity (Wildman–Crippen MR) is 100.0 cm³/mol. The van der Waals surface area contributed by atoms with Crippen molar-refractivity contribution in [3.05, 3.63) is 64.4 Å². The Morgan fingerprint density at radius 1 is 0.583 bits per heavy atom. The van der Waals surface area contributed by atoms with Gasteiger partial charge in [-0.2, -0.15) is 0 Å². The third-order valence-electron chi connectivity index (χ3n) is 3.09. The van der Waals surface area contributed by atoms with E-state index < -0.39 is 3.79 Å². The zero-order valence-corrected chi connectivity index (χ0v) is 15.6. The summed E-state index contributed by atoms with van der Waals surface area (Å²) in [5, 5.41) is 1.21. The van der Waals surface area contributed by atoms with Gasteiger partial charge in [0.2, 0.25) is 3.79 Å². The molecule has 3 aromatic rings. The van der Waals surface area contributed by atoms with E-state index >= 15 is 0 Å². The van der Waals surface area contributed by atoms with Crippen molar-refractivity contribution < 1.29 is 0 Å². The highest BCUT2D eigenvalue weighted by Gasteiger charge is 2.28. The quantitative estimate of drug-likeness (QED) is 0.455. The first-order valence-corrected chi connectivity index (χ1v) is 8.57. The third kappa shape index (κ3) is 4.11. The summed E-state index contributed by atoms with van der Waals surface area (Å²) < 4.78 is -1.77. The average molecular weight is 420 g/mol. The van der Waals surface area contributed by atoms with E-state index in [4.69, 9.17) is 58.0 Å². The third-order valence-corrected chi connectivity index (χ3v) is 4.10. The molecule has 0 aliphatic carbocycles. The molecule has 0 spiro atoms. The predicted octanol–water partition coefficient (Wildman–Crippen LogP) is 6.34. The molecule has 0 radical (unpaired) electrons. The number of alkyl halides is 3. The van der Waals surface area contributed by atoms with Gasteiger partial charge in [-0.25, -0.2) is 15.0 Å². The summed E-state index contributed by atoms with van der Waals surface area (Å²) in [7, 11) is 0. The molecule has 0 saturated heterocycles. The number of hydrogen-bond donors (Lipinski definition) is 0. The van der Waals surface area contributed by atoms with Gasteiger partial charge in [-0.15, -0.1) is 0 Å². The van der Waals surface area contributed by atoms with Crippen LogP contribution in [0.4, 0.5) is 0 Å². The molecular weight excluding hydrogens is 411 g/mol. The minimum Gasteiger partial charge on any atom is -0.208 e. The molecule has 2 aromatic carbocycles. The average Bonchev–Trinajstić information content (AvgIpc) is 2.55. The van der Waals surface area contributed by atoms with Crippen LogP contribution in [0.25, 0.3) is 22.8 Å². The van der Waals surface area contributed by atoms with E-state index in [9.17, 15) is 0 Å². The van der Waals surface area contributed by atoms with Crippen LogP contribution in [0.15, 0.2) is 48.5 Å². The molecule has 0 N–H and O–H groups in total. The van der Waals surface area contributed by atoms with Crippen molar-refractivity contribution in [1.82, 2.24) is 15.0 Å². The van der Waals surface area contributed by atoms with Crippen molar-refractivity contribution in [2.45, 2.75) is 3.79 Å². The van der Waals surface area contributed by atoms with Crippen LogP contribution in [0.5, 0.6) is 0 Å². The maximum absolute atomic E-state index is 5.96. The number of rotatable bonds is 2. The summed E-state index contributed by atoms with van der Waals surface area (Å²) in [6.45, 7) is 0. The van der Waals surface area contributed by atoms with Gasteiger partial charge >= 0.3 is 0 Å².